The van der Waals surface area contributed by atoms with Crippen molar-refractivity contribution in [2.45, 2.75) is 33.7 Å². The van der Waals surface area contributed by atoms with Gasteiger partial charge in [0.05, 0.1) is 11.4 Å². The van der Waals surface area contributed by atoms with Gasteiger partial charge < -0.3 is 11.1 Å². The van der Waals surface area contributed by atoms with Crippen LogP contribution in [-0.2, 0) is 13.0 Å². The van der Waals surface area contributed by atoms with E-state index in [0.29, 0.717) is 0 Å². The van der Waals surface area contributed by atoms with Gasteiger partial charge in [0.2, 0.25) is 0 Å². The van der Waals surface area contributed by atoms with E-state index in [1.165, 1.54) is 11.1 Å². The van der Waals surface area contributed by atoms with Crippen LogP contribution in [0.1, 0.15) is 23.7 Å². The second kappa shape index (κ2) is 5.78. The number of nitrogens with zero attached hydrogens (tertiary/aromatic N) is 2. The van der Waals surface area contributed by atoms with Crippen LogP contribution in [0.15, 0.2) is 24.3 Å². The lowest BCUT2D eigenvalue weighted by Crippen LogP contribution is -2.11. The van der Waals surface area contributed by atoms with E-state index in [4.69, 9.17) is 5.73 Å². The minimum atomic E-state index is 0.756. The molecule has 0 radical (unpaired) electrons. The van der Waals surface area contributed by atoms with E-state index in [-0.39, 0.29) is 0 Å². The Kier molecular flexibility index (Phi) is 4.10. The molecule has 4 nitrogen and oxygen atoms in total. The fourth-order valence-corrected chi connectivity index (χ4v) is 2.20. The second-order valence-electron chi connectivity index (χ2n) is 4.83. The lowest BCUT2D eigenvalue weighted by molar-refractivity contribution is 0.657. The topological polar surface area (TPSA) is 55.9 Å². The Hall–Kier alpha value is -1.97. The van der Waals surface area contributed by atoms with Crippen molar-refractivity contribution in [2.75, 3.05) is 17.6 Å². The molecule has 0 saturated carbocycles. The molecule has 3 N–H and O–H groups in total. The smallest absolute Gasteiger partial charge is 0.148 e. The van der Waals surface area contributed by atoms with Crippen LogP contribution < -0.4 is 11.1 Å². The van der Waals surface area contributed by atoms with Crippen molar-refractivity contribution in [2.24, 2.45) is 0 Å². The molecule has 0 bridgehead atoms. The van der Waals surface area contributed by atoms with Crippen LogP contribution in [0.2, 0.25) is 0 Å². The predicted octanol–water partition coefficient (Wildman–Crippen LogP) is 2.76. The summed E-state index contributed by atoms with van der Waals surface area (Å²) in [4.78, 5) is 0. The van der Waals surface area contributed by atoms with Crippen molar-refractivity contribution in [1.29, 1.82) is 0 Å². The minimum absolute atomic E-state index is 0.756. The molecule has 0 atom stereocenters. The summed E-state index contributed by atoms with van der Waals surface area (Å²) in [5.74, 6) is 0.938. The molecule has 4 heteroatoms. The van der Waals surface area contributed by atoms with E-state index in [1.54, 1.807) is 0 Å². The molecule has 1 aromatic heterocycles. The number of hydrogen-bond acceptors (Lipinski definition) is 3. The van der Waals surface area contributed by atoms with Gasteiger partial charge in [0.1, 0.15) is 5.82 Å². The average molecular weight is 258 g/mol. The standard InChI is InChI=1S/C15H22N4/c1-4-19-15(14(16)12(3)18-19)17-9-8-13-7-5-6-11(2)10-13/h5-7,10,17H,4,8-9,16H2,1-3H3. The predicted molar refractivity (Wildman–Crippen MR) is 80.4 cm³/mol. The summed E-state index contributed by atoms with van der Waals surface area (Å²) in [6, 6.07) is 8.58. The first-order valence-corrected chi connectivity index (χ1v) is 6.74. The number of aryl methyl sites for hydroxylation is 3. The second-order valence-corrected chi connectivity index (χ2v) is 4.83. The van der Waals surface area contributed by atoms with Crippen LogP contribution in [-0.4, -0.2) is 16.3 Å². The molecular formula is C15H22N4. The summed E-state index contributed by atoms with van der Waals surface area (Å²) >= 11 is 0. The zero-order chi connectivity index (χ0) is 13.8. The van der Waals surface area contributed by atoms with Gasteiger partial charge in [-0.3, -0.25) is 0 Å². The van der Waals surface area contributed by atoms with Gasteiger partial charge in [0.25, 0.3) is 0 Å². The Morgan fingerprint density at radius 2 is 2.11 bits per heavy atom. The molecule has 19 heavy (non-hydrogen) atoms. The number of hydrogen-bond donors (Lipinski definition) is 2. The van der Waals surface area contributed by atoms with E-state index >= 15 is 0 Å². The summed E-state index contributed by atoms with van der Waals surface area (Å²) in [5.41, 5.74) is 10.3. The fraction of sp³-hybridized carbons (Fsp3) is 0.400. The molecule has 1 heterocycles. The Bertz CT molecular complexity index is 557. The fourth-order valence-electron chi connectivity index (χ4n) is 2.20. The highest BCUT2D eigenvalue weighted by Gasteiger charge is 2.10. The van der Waals surface area contributed by atoms with Gasteiger partial charge in [0, 0.05) is 13.1 Å². The van der Waals surface area contributed by atoms with Crippen molar-refractivity contribution in [3.05, 3.63) is 41.1 Å². The number of aromatic nitrogens is 2. The zero-order valence-corrected chi connectivity index (χ0v) is 11.9. The number of anilines is 2. The van der Waals surface area contributed by atoms with Crippen LogP contribution in [0.25, 0.3) is 0 Å². The first-order valence-electron chi connectivity index (χ1n) is 6.74. The first kappa shape index (κ1) is 13.5. The third kappa shape index (κ3) is 3.08. The Labute approximate surface area is 114 Å². The third-order valence-corrected chi connectivity index (χ3v) is 3.26. The van der Waals surface area contributed by atoms with E-state index in [1.807, 2.05) is 11.6 Å². The molecule has 0 aliphatic rings. The number of nitrogens with two attached hydrogens (primary N) is 1. The van der Waals surface area contributed by atoms with Crippen molar-refractivity contribution in [1.82, 2.24) is 9.78 Å². The van der Waals surface area contributed by atoms with Crippen LogP contribution in [0.3, 0.4) is 0 Å². The largest absolute Gasteiger partial charge is 0.394 e. The van der Waals surface area contributed by atoms with Crippen LogP contribution in [0.4, 0.5) is 11.5 Å². The molecule has 2 aromatic rings. The van der Waals surface area contributed by atoms with E-state index in [2.05, 4.69) is 48.5 Å². The molecular weight excluding hydrogens is 236 g/mol. The highest BCUT2D eigenvalue weighted by atomic mass is 15.3. The molecule has 0 spiro atoms. The van der Waals surface area contributed by atoms with E-state index in [0.717, 1.165) is 36.7 Å². The summed E-state index contributed by atoms with van der Waals surface area (Å²) in [7, 11) is 0. The summed E-state index contributed by atoms with van der Waals surface area (Å²) < 4.78 is 1.92. The molecule has 0 unspecified atom stereocenters. The molecule has 0 aliphatic heterocycles. The van der Waals surface area contributed by atoms with Gasteiger partial charge in [-0.25, -0.2) is 4.68 Å². The monoisotopic (exact) mass is 258 g/mol. The van der Waals surface area contributed by atoms with Gasteiger partial charge in [-0.15, -0.1) is 0 Å². The number of benzene rings is 1. The molecule has 0 saturated heterocycles. The Balaban J connectivity index is 1.99. The normalized spacial score (nSPS) is 10.7. The Morgan fingerprint density at radius 1 is 1.32 bits per heavy atom. The SMILES string of the molecule is CCn1nc(C)c(N)c1NCCc1cccc(C)c1. The number of nitrogens with one attached hydrogen (secondary N) is 1. The highest BCUT2D eigenvalue weighted by molar-refractivity contribution is 5.64. The minimum Gasteiger partial charge on any atom is -0.394 e. The molecule has 102 valence electrons. The van der Waals surface area contributed by atoms with Gasteiger partial charge in [-0.2, -0.15) is 5.10 Å². The molecule has 0 aliphatic carbocycles. The maximum absolute atomic E-state index is 6.04. The van der Waals surface area contributed by atoms with E-state index < -0.39 is 0 Å². The Morgan fingerprint density at radius 3 is 2.79 bits per heavy atom. The zero-order valence-electron chi connectivity index (χ0n) is 11.9. The third-order valence-electron chi connectivity index (χ3n) is 3.26. The summed E-state index contributed by atoms with van der Waals surface area (Å²) in [5, 5.41) is 7.79. The van der Waals surface area contributed by atoms with Gasteiger partial charge >= 0.3 is 0 Å². The molecule has 2 rings (SSSR count). The first-order chi connectivity index (χ1) is 9.11. The van der Waals surface area contributed by atoms with Crippen LogP contribution in [0.5, 0.6) is 0 Å². The summed E-state index contributed by atoms with van der Waals surface area (Å²) in [6.45, 7) is 7.80. The maximum atomic E-state index is 6.04. The lowest BCUT2D eigenvalue weighted by Gasteiger charge is -2.09. The lowest BCUT2D eigenvalue weighted by atomic mass is 10.1. The molecule has 1 aromatic carbocycles. The summed E-state index contributed by atoms with van der Waals surface area (Å²) in [6.07, 6.45) is 0.981. The number of rotatable bonds is 5. The molecule has 0 amide bonds. The van der Waals surface area contributed by atoms with Gasteiger partial charge in [-0.1, -0.05) is 29.8 Å². The average Bonchev–Trinajstić information content (AvgIpc) is 2.66. The van der Waals surface area contributed by atoms with Crippen molar-refractivity contribution in [3.8, 4) is 0 Å². The van der Waals surface area contributed by atoms with Crippen molar-refractivity contribution in [3.63, 3.8) is 0 Å². The number of nitrogen functional groups attached to an aromatic ring is 1. The quantitative estimate of drug-likeness (QED) is 0.867. The van der Waals surface area contributed by atoms with E-state index in [9.17, 15) is 0 Å². The maximum Gasteiger partial charge on any atom is 0.148 e. The molecule has 0 fully saturated rings. The van der Waals surface area contributed by atoms with Crippen LogP contribution in [0, 0.1) is 13.8 Å². The van der Waals surface area contributed by atoms with Crippen molar-refractivity contribution < 1.29 is 0 Å². The van der Waals surface area contributed by atoms with Gasteiger partial charge in [0.15, 0.2) is 0 Å². The van der Waals surface area contributed by atoms with Crippen molar-refractivity contribution >= 4 is 11.5 Å². The van der Waals surface area contributed by atoms with Crippen LogP contribution >= 0.6 is 0 Å². The highest BCUT2D eigenvalue weighted by Crippen LogP contribution is 2.21. The van der Waals surface area contributed by atoms with Gasteiger partial charge in [-0.05, 0) is 32.8 Å².